The van der Waals surface area contributed by atoms with Crippen LogP contribution in [0.2, 0.25) is 0 Å². The second-order valence-corrected chi connectivity index (χ2v) is 8.41. The minimum absolute atomic E-state index is 0.0631. The van der Waals surface area contributed by atoms with Crippen molar-refractivity contribution in [3.8, 4) is 0 Å². The maximum absolute atomic E-state index is 12.2. The molecule has 1 amide bonds. The SMILES string of the molecule is Cc1ccc([C@@H](NC(=S)Nc2ccc(C)c(N3CCCC3=O)c2)c2ccccc2)cc1. The molecule has 1 heterocycles. The number of thiocarbonyl (C=S) groups is 1. The third-order valence-electron chi connectivity index (χ3n) is 5.65. The van der Waals surface area contributed by atoms with Crippen molar-refractivity contribution in [3.05, 3.63) is 95.1 Å². The number of aryl methyl sites for hydroxylation is 2. The van der Waals surface area contributed by atoms with Crippen LogP contribution in [0.15, 0.2) is 72.8 Å². The smallest absolute Gasteiger partial charge is 0.227 e. The zero-order valence-corrected chi connectivity index (χ0v) is 18.7. The number of carbonyl (C=O) groups is 1. The van der Waals surface area contributed by atoms with E-state index in [9.17, 15) is 4.79 Å². The van der Waals surface area contributed by atoms with Crippen molar-refractivity contribution in [2.75, 3.05) is 16.8 Å². The topological polar surface area (TPSA) is 44.4 Å². The van der Waals surface area contributed by atoms with Gasteiger partial charge in [-0.1, -0.05) is 66.2 Å². The van der Waals surface area contributed by atoms with Gasteiger partial charge in [-0.2, -0.15) is 0 Å². The standard InChI is InChI=1S/C26H27N3OS/c1-18-10-13-21(14-11-18)25(20-7-4-3-5-8-20)28-26(31)27-22-15-12-19(2)23(17-22)29-16-6-9-24(29)30/h3-5,7-8,10-15,17,25H,6,9,16H2,1-2H3,(H2,27,28,31)/t25-/m0/s1. The molecule has 1 atom stereocenters. The van der Waals surface area contributed by atoms with Gasteiger partial charge in [0.2, 0.25) is 5.91 Å². The molecule has 5 heteroatoms. The monoisotopic (exact) mass is 429 g/mol. The predicted molar refractivity (Wildman–Crippen MR) is 132 cm³/mol. The Morgan fingerprint density at radius 1 is 0.968 bits per heavy atom. The number of amides is 1. The average molecular weight is 430 g/mol. The van der Waals surface area contributed by atoms with Gasteiger partial charge < -0.3 is 15.5 Å². The van der Waals surface area contributed by atoms with Gasteiger partial charge >= 0.3 is 0 Å². The minimum atomic E-state index is -0.0631. The van der Waals surface area contributed by atoms with Crippen LogP contribution >= 0.6 is 12.2 Å². The highest BCUT2D eigenvalue weighted by Crippen LogP contribution is 2.28. The molecular weight excluding hydrogens is 402 g/mol. The lowest BCUT2D eigenvalue weighted by molar-refractivity contribution is -0.117. The largest absolute Gasteiger partial charge is 0.352 e. The van der Waals surface area contributed by atoms with E-state index < -0.39 is 0 Å². The number of carbonyl (C=O) groups excluding carboxylic acids is 1. The van der Waals surface area contributed by atoms with Crippen LogP contribution in [0.25, 0.3) is 0 Å². The van der Waals surface area contributed by atoms with Crippen LogP contribution in [0.1, 0.15) is 41.1 Å². The third kappa shape index (κ3) is 4.94. The van der Waals surface area contributed by atoms with Gasteiger partial charge in [0.1, 0.15) is 0 Å². The molecule has 2 N–H and O–H groups in total. The number of hydrogen-bond acceptors (Lipinski definition) is 2. The molecule has 31 heavy (non-hydrogen) atoms. The Morgan fingerprint density at radius 2 is 1.68 bits per heavy atom. The average Bonchev–Trinajstić information content (AvgIpc) is 3.20. The first-order valence-electron chi connectivity index (χ1n) is 10.6. The number of rotatable bonds is 5. The van der Waals surface area contributed by atoms with Gasteiger partial charge in [0.15, 0.2) is 5.11 Å². The molecule has 4 nitrogen and oxygen atoms in total. The van der Waals surface area contributed by atoms with Crippen molar-refractivity contribution in [1.29, 1.82) is 0 Å². The first-order valence-corrected chi connectivity index (χ1v) is 11.0. The second-order valence-electron chi connectivity index (χ2n) is 8.00. The van der Waals surface area contributed by atoms with E-state index in [-0.39, 0.29) is 11.9 Å². The summed E-state index contributed by atoms with van der Waals surface area (Å²) in [7, 11) is 0. The predicted octanol–water partition coefficient (Wildman–Crippen LogP) is 5.51. The summed E-state index contributed by atoms with van der Waals surface area (Å²) in [4.78, 5) is 14.1. The Labute approximate surface area is 189 Å². The molecule has 1 aliphatic rings. The lowest BCUT2D eigenvalue weighted by Crippen LogP contribution is -2.33. The van der Waals surface area contributed by atoms with Gasteiger partial charge in [0, 0.05) is 24.3 Å². The van der Waals surface area contributed by atoms with Gasteiger partial charge in [-0.3, -0.25) is 4.79 Å². The number of benzene rings is 3. The van der Waals surface area contributed by atoms with Crippen molar-refractivity contribution in [3.63, 3.8) is 0 Å². The van der Waals surface area contributed by atoms with Crippen molar-refractivity contribution in [2.45, 2.75) is 32.7 Å². The number of anilines is 2. The fourth-order valence-electron chi connectivity index (χ4n) is 3.94. The highest BCUT2D eigenvalue weighted by atomic mass is 32.1. The van der Waals surface area contributed by atoms with Gasteiger partial charge in [0.25, 0.3) is 0 Å². The highest BCUT2D eigenvalue weighted by molar-refractivity contribution is 7.80. The number of nitrogens with one attached hydrogen (secondary N) is 2. The van der Waals surface area contributed by atoms with E-state index in [0.717, 1.165) is 41.0 Å². The van der Waals surface area contributed by atoms with Crippen molar-refractivity contribution < 1.29 is 4.79 Å². The molecule has 0 unspecified atom stereocenters. The molecular formula is C26H27N3OS. The highest BCUT2D eigenvalue weighted by Gasteiger charge is 2.23. The fraction of sp³-hybridized carbons (Fsp3) is 0.231. The number of nitrogens with zero attached hydrogens (tertiary/aromatic N) is 1. The molecule has 0 radical (unpaired) electrons. The molecule has 1 saturated heterocycles. The van der Waals surface area contributed by atoms with Crippen LogP contribution in [0.4, 0.5) is 11.4 Å². The van der Waals surface area contributed by atoms with E-state index in [1.54, 1.807) is 0 Å². The molecule has 3 aromatic carbocycles. The molecule has 158 valence electrons. The van der Waals surface area contributed by atoms with Crippen LogP contribution in [0, 0.1) is 13.8 Å². The normalized spacial score (nSPS) is 14.4. The first kappa shape index (κ1) is 21.1. The van der Waals surface area contributed by atoms with Gasteiger partial charge in [-0.25, -0.2) is 0 Å². The van der Waals surface area contributed by atoms with E-state index in [0.29, 0.717) is 11.5 Å². The van der Waals surface area contributed by atoms with Crippen molar-refractivity contribution in [1.82, 2.24) is 5.32 Å². The molecule has 0 spiro atoms. The van der Waals surface area contributed by atoms with E-state index in [4.69, 9.17) is 12.2 Å². The number of hydrogen-bond donors (Lipinski definition) is 2. The Kier molecular flexibility index (Phi) is 6.33. The molecule has 3 aromatic rings. The Bertz CT molecular complexity index is 1080. The zero-order valence-electron chi connectivity index (χ0n) is 17.9. The van der Waals surface area contributed by atoms with Crippen LogP contribution in [0.3, 0.4) is 0 Å². The van der Waals surface area contributed by atoms with E-state index in [1.807, 2.05) is 48.2 Å². The summed E-state index contributed by atoms with van der Waals surface area (Å²) in [5.41, 5.74) is 6.42. The Morgan fingerprint density at radius 3 is 2.35 bits per heavy atom. The summed E-state index contributed by atoms with van der Waals surface area (Å²) in [6.45, 7) is 4.89. The van der Waals surface area contributed by atoms with Crippen LogP contribution in [-0.2, 0) is 4.79 Å². The van der Waals surface area contributed by atoms with Crippen LogP contribution in [0.5, 0.6) is 0 Å². The minimum Gasteiger partial charge on any atom is -0.352 e. The maximum atomic E-state index is 12.2. The van der Waals surface area contributed by atoms with E-state index >= 15 is 0 Å². The molecule has 0 aliphatic carbocycles. The third-order valence-corrected chi connectivity index (χ3v) is 5.87. The van der Waals surface area contributed by atoms with E-state index in [2.05, 4.69) is 54.0 Å². The zero-order chi connectivity index (χ0) is 21.8. The molecule has 0 saturated carbocycles. The quantitative estimate of drug-likeness (QED) is 0.525. The fourth-order valence-corrected chi connectivity index (χ4v) is 4.18. The molecule has 0 bridgehead atoms. The Hall–Kier alpha value is -3.18. The van der Waals surface area contributed by atoms with Gasteiger partial charge in [-0.05, 0) is 61.3 Å². The van der Waals surface area contributed by atoms with Crippen LogP contribution < -0.4 is 15.5 Å². The molecule has 1 fully saturated rings. The summed E-state index contributed by atoms with van der Waals surface area (Å²) in [6, 6.07) is 24.7. The van der Waals surface area contributed by atoms with Crippen LogP contribution in [-0.4, -0.2) is 17.6 Å². The summed E-state index contributed by atoms with van der Waals surface area (Å²) in [5, 5.41) is 7.32. The van der Waals surface area contributed by atoms with Crippen molar-refractivity contribution in [2.24, 2.45) is 0 Å². The van der Waals surface area contributed by atoms with E-state index in [1.165, 1.54) is 5.56 Å². The molecule has 0 aromatic heterocycles. The lowest BCUT2D eigenvalue weighted by atomic mass is 9.98. The maximum Gasteiger partial charge on any atom is 0.227 e. The van der Waals surface area contributed by atoms with Gasteiger partial charge in [-0.15, -0.1) is 0 Å². The summed E-state index contributed by atoms with van der Waals surface area (Å²) in [6.07, 6.45) is 1.53. The Balaban J connectivity index is 1.54. The van der Waals surface area contributed by atoms with Crippen molar-refractivity contribution >= 4 is 34.6 Å². The summed E-state index contributed by atoms with van der Waals surface area (Å²) in [5.74, 6) is 0.185. The summed E-state index contributed by atoms with van der Waals surface area (Å²) >= 11 is 5.67. The summed E-state index contributed by atoms with van der Waals surface area (Å²) < 4.78 is 0. The first-order chi connectivity index (χ1) is 15.0. The molecule has 4 rings (SSSR count). The molecule has 1 aliphatic heterocycles. The lowest BCUT2D eigenvalue weighted by Gasteiger charge is -2.23. The van der Waals surface area contributed by atoms with Gasteiger partial charge in [0.05, 0.1) is 6.04 Å². The second kappa shape index (κ2) is 9.31.